The predicted molar refractivity (Wildman–Crippen MR) is 264 cm³/mol. The van der Waals surface area contributed by atoms with Gasteiger partial charge in [0.25, 0.3) is 5.91 Å². The molecule has 12 nitrogen and oxygen atoms in total. The Hall–Kier alpha value is -5.97. The highest BCUT2D eigenvalue weighted by molar-refractivity contribution is 8.05. The Kier molecular flexibility index (Phi) is 13.8. The first-order chi connectivity index (χ1) is 32.6. The first-order valence-electron chi connectivity index (χ1n) is 22.1. The van der Waals surface area contributed by atoms with E-state index in [-0.39, 0.29) is 30.0 Å². The number of rotatable bonds is 16. The molecule has 3 aliphatic heterocycles. The van der Waals surface area contributed by atoms with Gasteiger partial charge in [-0.1, -0.05) is 157 Å². The van der Waals surface area contributed by atoms with Gasteiger partial charge in [0.2, 0.25) is 5.91 Å². The minimum atomic E-state index is -1.14. The second-order valence-corrected chi connectivity index (χ2v) is 20.3. The van der Waals surface area contributed by atoms with Gasteiger partial charge in [0.15, 0.2) is 22.7 Å². The minimum Gasteiger partial charge on any atom is -0.451 e. The molecular weight excluding hydrogens is 903 g/mol. The van der Waals surface area contributed by atoms with Crippen molar-refractivity contribution in [1.82, 2.24) is 15.2 Å². The number of nitrogens with one attached hydrogen (secondary N) is 2. The summed E-state index contributed by atoms with van der Waals surface area (Å²) in [5, 5.41) is 12.7. The fraction of sp³-hybridized carbons (Fsp3) is 0.288. The molecule has 0 aliphatic carbocycles. The first-order valence-corrected chi connectivity index (χ1v) is 25.0. The van der Waals surface area contributed by atoms with E-state index >= 15 is 0 Å². The van der Waals surface area contributed by atoms with Crippen LogP contribution in [0, 0.1) is 0 Å². The molecule has 4 atom stereocenters. The van der Waals surface area contributed by atoms with Crippen molar-refractivity contribution in [3.8, 4) is 0 Å². The number of thioether (sulfide) groups is 2. The molecule has 0 saturated carbocycles. The third-order valence-electron chi connectivity index (χ3n) is 12.1. The average molecular weight is 954 g/mol. The number of anilines is 1. The summed E-state index contributed by atoms with van der Waals surface area (Å²) >= 11 is 4.22. The van der Waals surface area contributed by atoms with E-state index in [4.69, 9.17) is 24.0 Å². The van der Waals surface area contributed by atoms with Crippen LogP contribution in [-0.4, -0.2) is 93.2 Å². The van der Waals surface area contributed by atoms with Gasteiger partial charge in [0, 0.05) is 23.4 Å². The van der Waals surface area contributed by atoms with E-state index in [0.717, 1.165) is 27.8 Å². The molecule has 2 amide bonds. The number of hydrogen-bond donors (Lipinski definition) is 2. The number of nitrogens with zero attached hydrogens (tertiary/aromatic N) is 3. The van der Waals surface area contributed by atoms with Gasteiger partial charge in [-0.3, -0.25) is 14.4 Å². The van der Waals surface area contributed by atoms with E-state index in [1.807, 2.05) is 129 Å². The predicted octanol–water partition coefficient (Wildman–Crippen LogP) is 8.64. The number of oxime groups is 1. The highest BCUT2D eigenvalue weighted by atomic mass is 32.2. The molecule has 344 valence electrons. The Morgan fingerprint density at radius 2 is 1.42 bits per heavy atom. The molecule has 3 aliphatic rings. The quantitative estimate of drug-likeness (QED) is 0.0317. The largest absolute Gasteiger partial charge is 0.451 e. The number of aromatic nitrogens is 1. The number of thiazole rings is 1. The van der Waals surface area contributed by atoms with E-state index in [2.05, 4.69) is 52.2 Å². The maximum absolute atomic E-state index is 14.8. The third kappa shape index (κ3) is 9.74. The molecule has 5 aromatic carbocycles. The van der Waals surface area contributed by atoms with Crippen LogP contribution in [0.2, 0.25) is 0 Å². The van der Waals surface area contributed by atoms with Gasteiger partial charge in [-0.15, -0.1) is 34.9 Å². The van der Waals surface area contributed by atoms with Crippen molar-refractivity contribution in [2.24, 2.45) is 5.16 Å². The van der Waals surface area contributed by atoms with Gasteiger partial charge in [0.1, 0.15) is 34.5 Å². The van der Waals surface area contributed by atoms with Crippen molar-refractivity contribution in [3.05, 3.63) is 191 Å². The van der Waals surface area contributed by atoms with E-state index in [1.54, 1.807) is 10.3 Å². The van der Waals surface area contributed by atoms with Crippen LogP contribution >= 0.6 is 34.9 Å². The monoisotopic (exact) mass is 953 g/mol. The average Bonchev–Trinajstić information content (AvgIpc) is 3.83. The topological polar surface area (TPSA) is 141 Å². The van der Waals surface area contributed by atoms with Gasteiger partial charge in [0.05, 0.1) is 12.7 Å². The van der Waals surface area contributed by atoms with E-state index in [1.165, 1.54) is 42.0 Å². The highest BCUT2D eigenvalue weighted by Gasteiger charge is 2.59. The van der Waals surface area contributed by atoms with E-state index in [9.17, 15) is 14.4 Å². The van der Waals surface area contributed by atoms with Crippen LogP contribution in [0.3, 0.4) is 0 Å². The lowest BCUT2D eigenvalue weighted by molar-refractivity contribution is -0.267. The van der Waals surface area contributed by atoms with Crippen molar-refractivity contribution in [2.45, 2.75) is 60.0 Å². The second-order valence-electron chi connectivity index (χ2n) is 16.9. The normalized spacial score (nSPS) is 21.4. The molecule has 0 spiro atoms. The number of ether oxygens (including phenoxy) is 3. The van der Waals surface area contributed by atoms with Gasteiger partial charge >= 0.3 is 5.97 Å². The summed E-state index contributed by atoms with van der Waals surface area (Å²) < 4.78 is 17.4. The van der Waals surface area contributed by atoms with Crippen LogP contribution in [0.15, 0.2) is 162 Å². The van der Waals surface area contributed by atoms with Crippen molar-refractivity contribution in [1.29, 1.82) is 0 Å². The van der Waals surface area contributed by atoms with Crippen LogP contribution in [0.4, 0.5) is 5.13 Å². The molecular formula is C52H51N5O7S3. The summed E-state index contributed by atoms with van der Waals surface area (Å²) in [5.74, 6) is -1.30. The Morgan fingerprint density at radius 1 is 0.866 bits per heavy atom. The summed E-state index contributed by atoms with van der Waals surface area (Å²) in [4.78, 5) is 55.0. The van der Waals surface area contributed by atoms with Crippen molar-refractivity contribution >= 4 is 63.5 Å². The molecule has 15 heteroatoms. The number of carbonyl (C=O) groups is 3. The minimum absolute atomic E-state index is 0.0793. The molecule has 3 unspecified atom stereocenters. The summed E-state index contributed by atoms with van der Waals surface area (Å²) in [5.41, 5.74) is 4.00. The molecule has 67 heavy (non-hydrogen) atoms. The summed E-state index contributed by atoms with van der Waals surface area (Å²) in [6.07, 6.45) is -0.176. The number of fused-ring (bicyclic) bond motifs is 1. The van der Waals surface area contributed by atoms with E-state index in [0.29, 0.717) is 29.7 Å². The first kappa shape index (κ1) is 46.2. The van der Waals surface area contributed by atoms with E-state index < -0.39 is 45.5 Å². The summed E-state index contributed by atoms with van der Waals surface area (Å²) in [6.45, 7) is 4.39. The van der Waals surface area contributed by atoms with Crippen LogP contribution < -0.4 is 10.6 Å². The number of benzene rings is 5. The summed E-state index contributed by atoms with van der Waals surface area (Å²) in [7, 11) is 1.36. The zero-order valence-corrected chi connectivity index (χ0v) is 39.7. The molecule has 9 rings (SSSR count). The number of esters is 1. The Bertz CT molecular complexity index is 2540. The fourth-order valence-electron chi connectivity index (χ4n) is 8.81. The molecule has 1 aromatic heterocycles. The number of amides is 2. The SMILES string of the molecule is CON=C(C(=O)NC1C(=O)N2CC(SCC3CCOC(C)(C)O3)(C(=O)OC(c3ccccc3)c3ccccc3)CS[C@H]12)c1csc(NC(c2ccccc2)(c2ccccc2)c2ccccc2)n1. The lowest BCUT2D eigenvalue weighted by atomic mass is 9.77. The molecule has 0 bridgehead atoms. The van der Waals surface area contributed by atoms with Gasteiger partial charge in [-0.25, -0.2) is 4.98 Å². The molecule has 6 aromatic rings. The Balaban J connectivity index is 0.942. The van der Waals surface area contributed by atoms with Crippen LogP contribution in [-0.2, 0) is 39.0 Å². The van der Waals surface area contributed by atoms with Crippen molar-refractivity contribution in [3.63, 3.8) is 0 Å². The molecule has 2 N–H and O–H groups in total. The maximum Gasteiger partial charge on any atom is 0.325 e. The van der Waals surface area contributed by atoms with Crippen LogP contribution in [0.1, 0.15) is 59.9 Å². The van der Waals surface area contributed by atoms with Gasteiger partial charge in [-0.05, 0) is 48.1 Å². The Morgan fingerprint density at radius 3 is 1.96 bits per heavy atom. The maximum atomic E-state index is 14.8. The van der Waals surface area contributed by atoms with Crippen LogP contribution in [0.25, 0.3) is 0 Å². The van der Waals surface area contributed by atoms with Gasteiger partial charge in [-0.2, -0.15) is 0 Å². The third-order valence-corrected chi connectivity index (χ3v) is 16.1. The smallest absolute Gasteiger partial charge is 0.325 e. The fourth-order valence-corrected chi connectivity index (χ4v) is 12.6. The molecule has 0 radical (unpaired) electrons. The highest BCUT2D eigenvalue weighted by Crippen LogP contribution is 2.47. The zero-order valence-electron chi connectivity index (χ0n) is 37.3. The molecule has 3 saturated heterocycles. The number of hydrogen-bond acceptors (Lipinski definition) is 13. The standard InChI is InChI=1S/C52H51N5O7S3/c1-50(2)62-30-29-40(64-50)31-67-51(48(60)63-44(35-19-9-4-10-20-35)36-21-11-5-12-22-36)33-57-46(59)43(47(57)66-34-51)54-45(58)42(56-61-3)41-32-65-49(53-41)55-52(37-23-13-6-14-24-37,38-25-15-7-16-26-38)39-27-17-8-18-28-39/h4-28,32,40,43-44,47H,29-31,33-34H2,1-3H3,(H,53,55)(H,54,58)/t40?,43?,47-,51?/m1/s1. The molecule has 3 fully saturated rings. The molecule has 4 heterocycles. The second kappa shape index (κ2) is 20.1. The lowest BCUT2D eigenvalue weighted by Crippen LogP contribution is -2.75. The van der Waals surface area contributed by atoms with Gasteiger partial charge < -0.3 is 34.6 Å². The van der Waals surface area contributed by atoms with Crippen LogP contribution in [0.5, 0.6) is 0 Å². The summed E-state index contributed by atoms with van der Waals surface area (Å²) in [6, 6.07) is 48.9. The number of β-lactam (4-membered cyclic amide) rings is 1. The Labute approximate surface area is 402 Å². The lowest BCUT2D eigenvalue weighted by Gasteiger charge is -2.54. The van der Waals surface area contributed by atoms with Crippen molar-refractivity contribution in [2.75, 3.05) is 37.1 Å². The zero-order chi connectivity index (χ0) is 46.4. The number of carbonyl (C=O) groups excluding carboxylic acids is 3. The van der Waals surface area contributed by atoms with Crippen molar-refractivity contribution < 1.29 is 33.4 Å².